The van der Waals surface area contributed by atoms with Crippen LogP contribution in [0.3, 0.4) is 0 Å². The van der Waals surface area contributed by atoms with Crippen molar-refractivity contribution >= 4 is 17.9 Å². The van der Waals surface area contributed by atoms with E-state index in [1.54, 1.807) is 0 Å². The number of hydrogen-bond acceptors (Lipinski definition) is 6. The molecule has 0 spiro atoms. The monoisotopic (exact) mass is 1080 g/mol. The highest BCUT2D eigenvalue weighted by atomic mass is 16.6. The first-order valence-electron chi connectivity index (χ1n) is 34.1. The summed E-state index contributed by atoms with van der Waals surface area (Å²) in [5.41, 5.74) is 0. The molecule has 0 saturated heterocycles. The molecule has 0 rings (SSSR count). The van der Waals surface area contributed by atoms with Crippen molar-refractivity contribution in [2.24, 2.45) is 0 Å². The summed E-state index contributed by atoms with van der Waals surface area (Å²) in [7, 11) is 0. The highest BCUT2D eigenvalue weighted by molar-refractivity contribution is 5.71. The largest absolute Gasteiger partial charge is 0.462 e. The van der Waals surface area contributed by atoms with Gasteiger partial charge in [0.1, 0.15) is 13.2 Å². The Hall–Kier alpha value is -2.63. The van der Waals surface area contributed by atoms with Crippen molar-refractivity contribution in [3.63, 3.8) is 0 Å². The number of unbranched alkanes of at least 4 members (excludes halogenated alkanes) is 44. The molecule has 0 amide bonds. The van der Waals surface area contributed by atoms with Crippen LogP contribution in [0.15, 0.2) is 48.6 Å². The zero-order chi connectivity index (χ0) is 55.7. The number of hydrogen-bond donors (Lipinski definition) is 0. The predicted octanol–water partition coefficient (Wildman–Crippen LogP) is 23.3. The van der Waals surface area contributed by atoms with Gasteiger partial charge in [-0.3, -0.25) is 14.4 Å². The van der Waals surface area contributed by atoms with Gasteiger partial charge in [-0.15, -0.1) is 0 Å². The zero-order valence-electron chi connectivity index (χ0n) is 51.7. The Morgan fingerprint density at radius 3 is 0.792 bits per heavy atom. The molecule has 0 bridgehead atoms. The summed E-state index contributed by atoms with van der Waals surface area (Å²) in [5.74, 6) is -0.884. The summed E-state index contributed by atoms with van der Waals surface area (Å²) in [6.45, 7) is 6.60. The third kappa shape index (κ3) is 64.1. The first kappa shape index (κ1) is 74.4. The van der Waals surface area contributed by atoms with E-state index in [1.165, 1.54) is 238 Å². The number of allylic oxidation sites excluding steroid dienone is 8. The Labute approximate surface area is 479 Å². The highest BCUT2D eigenvalue weighted by Gasteiger charge is 2.19. The van der Waals surface area contributed by atoms with Crippen LogP contribution in [0.1, 0.15) is 367 Å². The lowest BCUT2D eigenvalue weighted by molar-refractivity contribution is -0.167. The van der Waals surface area contributed by atoms with Crippen molar-refractivity contribution in [1.29, 1.82) is 0 Å². The van der Waals surface area contributed by atoms with Gasteiger partial charge in [0.2, 0.25) is 0 Å². The van der Waals surface area contributed by atoms with Crippen LogP contribution in [0.2, 0.25) is 0 Å². The lowest BCUT2D eigenvalue weighted by atomic mass is 10.0. The lowest BCUT2D eigenvalue weighted by Crippen LogP contribution is -2.30. The quantitative estimate of drug-likeness (QED) is 0.0261. The molecular formula is C71H130O6. The van der Waals surface area contributed by atoms with Crippen LogP contribution in [-0.4, -0.2) is 37.2 Å². The van der Waals surface area contributed by atoms with Gasteiger partial charge in [0.05, 0.1) is 0 Å². The molecule has 6 nitrogen and oxygen atoms in total. The third-order valence-electron chi connectivity index (χ3n) is 15.3. The molecule has 0 aromatic heterocycles. The Bertz CT molecular complexity index is 1330. The number of ether oxygens (including phenoxy) is 3. The molecule has 0 saturated carbocycles. The normalized spacial score (nSPS) is 12.3. The van der Waals surface area contributed by atoms with E-state index in [0.29, 0.717) is 19.3 Å². The second-order valence-corrected chi connectivity index (χ2v) is 23.1. The molecule has 0 aliphatic carbocycles. The number of rotatable bonds is 63. The second-order valence-electron chi connectivity index (χ2n) is 23.1. The van der Waals surface area contributed by atoms with Crippen LogP contribution >= 0.6 is 0 Å². The van der Waals surface area contributed by atoms with Gasteiger partial charge in [-0.05, 0) is 96.3 Å². The fraction of sp³-hybridized carbons (Fsp3) is 0.845. The Kier molecular flexibility index (Phi) is 63.6. The smallest absolute Gasteiger partial charge is 0.306 e. The summed E-state index contributed by atoms with van der Waals surface area (Å²) in [5, 5.41) is 0. The summed E-state index contributed by atoms with van der Waals surface area (Å²) in [6.07, 6.45) is 83.0. The fourth-order valence-electron chi connectivity index (χ4n) is 10.1. The van der Waals surface area contributed by atoms with Gasteiger partial charge >= 0.3 is 17.9 Å². The minimum Gasteiger partial charge on any atom is -0.462 e. The summed E-state index contributed by atoms with van der Waals surface area (Å²) in [6, 6.07) is 0. The fourth-order valence-corrected chi connectivity index (χ4v) is 10.1. The van der Waals surface area contributed by atoms with Crippen LogP contribution in [-0.2, 0) is 28.6 Å². The molecule has 1 atom stereocenters. The molecule has 0 radical (unpaired) electrons. The van der Waals surface area contributed by atoms with E-state index in [1.807, 2.05) is 0 Å². The van der Waals surface area contributed by atoms with Crippen molar-refractivity contribution in [1.82, 2.24) is 0 Å². The van der Waals surface area contributed by atoms with Crippen molar-refractivity contribution in [2.45, 2.75) is 374 Å². The second kappa shape index (κ2) is 65.9. The Morgan fingerprint density at radius 2 is 0.481 bits per heavy atom. The molecule has 0 aliphatic heterocycles. The summed E-state index contributed by atoms with van der Waals surface area (Å²) >= 11 is 0. The van der Waals surface area contributed by atoms with E-state index in [0.717, 1.165) is 89.9 Å². The van der Waals surface area contributed by atoms with Gasteiger partial charge in [-0.1, -0.05) is 301 Å². The molecule has 0 heterocycles. The van der Waals surface area contributed by atoms with E-state index in [-0.39, 0.29) is 31.1 Å². The number of carbonyl (C=O) groups is 3. The van der Waals surface area contributed by atoms with Crippen molar-refractivity contribution in [2.75, 3.05) is 13.2 Å². The maximum Gasteiger partial charge on any atom is 0.306 e. The molecular weight excluding hydrogens is 949 g/mol. The highest BCUT2D eigenvalue weighted by Crippen LogP contribution is 2.18. The van der Waals surface area contributed by atoms with Crippen LogP contribution in [0.25, 0.3) is 0 Å². The van der Waals surface area contributed by atoms with E-state index in [4.69, 9.17) is 14.2 Å². The molecule has 6 heteroatoms. The standard InChI is InChI=1S/C71H130O6/c1-4-7-10-13-16-19-22-24-26-27-28-29-30-31-32-33-34-35-36-37-38-39-40-41-42-43-45-46-49-52-55-58-61-64-70(73)76-67-68(66-75-69(72)63-60-57-54-51-48-21-18-15-12-9-6-3)77-71(74)65-62-59-56-53-50-47-44-25-23-20-17-14-11-8-5-2/h15,17-18,20,25,27-28,44,68H,4-14,16,19,21-24,26,29-43,45-67H2,1-3H3/b18-15-,20-17-,28-27-,44-25-. The van der Waals surface area contributed by atoms with Gasteiger partial charge in [-0.25, -0.2) is 0 Å². The van der Waals surface area contributed by atoms with E-state index in [9.17, 15) is 14.4 Å². The van der Waals surface area contributed by atoms with Crippen molar-refractivity contribution < 1.29 is 28.6 Å². The molecule has 0 fully saturated rings. The molecule has 0 aliphatic rings. The minimum atomic E-state index is -0.782. The summed E-state index contributed by atoms with van der Waals surface area (Å²) < 4.78 is 16.9. The SMILES string of the molecule is CCCC/C=C\CCCCCCCC(=O)OCC(COC(=O)CCCCCCCCCCCCCCCCCCCCCCC/C=C\CCCCCCCCCC)OC(=O)CCCCCCC/C=C\C/C=C\CCCCC. The Morgan fingerprint density at radius 1 is 0.260 bits per heavy atom. The van der Waals surface area contributed by atoms with Gasteiger partial charge in [0.15, 0.2) is 6.10 Å². The first-order valence-corrected chi connectivity index (χ1v) is 34.1. The first-order chi connectivity index (χ1) is 38.0. The van der Waals surface area contributed by atoms with Gasteiger partial charge in [0, 0.05) is 19.3 Å². The van der Waals surface area contributed by atoms with Gasteiger partial charge in [0.25, 0.3) is 0 Å². The molecule has 0 N–H and O–H groups in total. The van der Waals surface area contributed by atoms with E-state index >= 15 is 0 Å². The van der Waals surface area contributed by atoms with E-state index in [2.05, 4.69) is 69.4 Å². The molecule has 0 aromatic carbocycles. The Balaban J connectivity index is 4.06. The lowest BCUT2D eigenvalue weighted by Gasteiger charge is -2.18. The van der Waals surface area contributed by atoms with Crippen LogP contribution < -0.4 is 0 Å². The predicted molar refractivity (Wildman–Crippen MR) is 335 cm³/mol. The average molecular weight is 1080 g/mol. The third-order valence-corrected chi connectivity index (χ3v) is 15.3. The summed E-state index contributed by atoms with van der Waals surface area (Å²) in [4.78, 5) is 38.2. The molecule has 450 valence electrons. The number of carbonyl (C=O) groups excluding carboxylic acids is 3. The molecule has 0 aromatic rings. The van der Waals surface area contributed by atoms with Crippen LogP contribution in [0.5, 0.6) is 0 Å². The van der Waals surface area contributed by atoms with Crippen LogP contribution in [0, 0.1) is 0 Å². The van der Waals surface area contributed by atoms with Crippen molar-refractivity contribution in [3.8, 4) is 0 Å². The number of esters is 3. The van der Waals surface area contributed by atoms with E-state index < -0.39 is 6.10 Å². The average Bonchev–Trinajstić information content (AvgIpc) is 3.43. The van der Waals surface area contributed by atoms with Gasteiger partial charge in [-0.2, -0.15) is 0 Å². The maximum atomic E-state index is 12.9. The van der Waals surface area contributed by atoms with Crippen molar-refractivity contribution in [3.05, 3.63) is 48.6 Å². The molecule has 77 heavy (non-hydrogen) atoms. The minimum absolute atomic E-state index is 0.0781. The van der Waals surface area contributed by atoms with Crippen LogP contribution in [0.4, 0.5) is 0 Å². The molecule has 1 unspecified atom stereocenters. The maximum absolute atomic E-state index is 12.9. The van der Waals surface area contributed by atoms with Gasteiger partial charge < -0.3 is 14.2 Å². The topological polar surface area (TPSA) is 78.9 Å². The zero-order valence-corrected chi connectivity index (χ0v) is 51.7.